The first-order chi connectivity index (χ1) is 12.4. The summed E-state index contributed by atoms with van der Waals surface area (Å²) in [6.45, 7) is 3.51. The molecule has 6 nitrogen and oxygen atoms in total. The van der Waals surface area contributed by atoms with Gasteiger partial charge >= 0.3 is 0 Å². The summed E-state index contributed by atoms with van der Waals surface area (Å²) in [7, 11) is 0. The molecule has 0 heterocycles. The first kappa shape index (κ1) is 25.5. The average Bonchev–Trinajstić information content (AvgIpc) is 2.66. The SMILES string of the molecule is CCCCCCCC(CCCCCC)C(=O)[C@H](O)[C@@H](O)[C@H](O)[C@H](O)CO. The monoisotopic (exact) mass is 376 g/mol. The highest BCUT2D eigenvalue weighted by Crippen LogP contribution is 2.22. The molecular weight excluding hydrogens is 336 g/mol. The number of carbonyl (C=O) groups excluding carboxylic acids is 1. The van der Waals surface area contributed by atoms with E-state index in [1.165, 1.54) is 6.42 Å². The van der Waals surface area contributed by atoms with Crippen molar-refractivity contribution in [3.8, 4) is 0 Å². The van der Waals surface area contributed by atoms with Gasteiger partial charge in [-0.05, 0) is 12.8 Å². The minimum absolute atomic E-state index is 0.350. The predicted octanol–water partition coefficient (Wildman–Crippen LogP) is 1.94. The van der Waals surface area contributed by atoms with Crippen molar-refractivity contribution in [2.24, 2.45) is 5.92 Å². The van der Waals surface area contributed by atoms with Gasteiger partial charge in [0.15, 0.2) is 5.78 Å². The summed E-state index contributed by atoms with van der Waals surface area (Å²) in [4.78, 5) is 12.6. The van der Waals surface area contributed by atoms with Gasteiger partial charge in [0.25, 0.3) is 0 Å². The zero-order valence-electron chi connectivity index (χ0n) is 16.5. The molecule has 156 valence electrons. The van der Waals surface area contributed by atoms with Crippen molar-refractivity contribution in [1.82, 2.24) is 0 Å². The highest BCUT2D eigenvalue weighted by Gasteiger charge is 2.36. The number of hydrogen-bond donors (Lipinski definition) is 5. The van der Waals surface area contributed by atoms with Crippen LogP contribution in [0.1, 0.15) is 84.5 Å². The zero-order valence-corrected chi connectivity index (χ0v) is 16.5. The molecule has 0 aromatic carbocycles. The van der Waals surface area contributed by atoms with Gasteiger partial charge in [0.1, 0.15) is 24.4 Å². The van der Waals surface area contributed by atoms with Gasteiger partial charge in [-0.1, -0.05) is 71.6 Å². The van der Waals surface area contributed by atoms with Crippen molar-refractivity contribution in [2.45, 2.75) is 109 Å². The average molecular weight is 377 g/mol. The van der Waals surface area contributed by atoms with E-state index < -0.39 is 36.8 Å². The lowest BCUT2D eigenvalue weighted by Crippen LogP contribution is -2.50. The van der Waals surface area contributed by atoms with Crippen molar-refractivity contribution in [3.63, 3.8) is 0 Å². The van der Waals surface area contributed by atoms with Gasteiger partial charge in [-0.3, -0.25) is 4.79 Å². The summed E-state index contributed by atoms with van der Waals surface area (Å²) < 4.78 is 0. The van der Waals surface area contributed by atoms with Crippen molar-refractivity contribution >= 4 is 5.78 Å². The Kier molecular flexibility index (Phi) is 15.2. The van der Waals surface area contributed by atoms with Crippen LogP contribution in [0.15, 0.2) is 0 Å². The molecule has 1 unspecified atom stereocenters. The van der Waals surface area contributed by atoms with E-state index in [1.54, 1.807) is 0 Å². The van der Waals surface area contributed by atoms with Crippen LogP contribution in [0, 0.1) is 5.92 Å². The van der Waals surface area contributed by atoms with Crippen molar-refractivity contribution in [1.29, 1.82) is 0 Å². The molecule has 5 N–H and O–H groups in total. The Hall–Kier alpha value is -0.530. The van der Waals surface area contributed by atoms with Crippen LogP contribution in [-0.2, 0) is 4.79 Å². The molecule has 0 aliphatic carbocycles. The van der Waals surface area contributed by atoms with Gasteiger partial charge in [0, 0.05) is 5.92 Å². The quantitative estimate of drug-likeness (QED) is 0.248. The fraction of sp³-hybridized carbons (Fsp3) is 0.950. The van der Waals surface area contributed by atoms with Gasteiger partial charge < -0.3 is 25.5 Å². The predicted molar refractivity (Wildman–Crippen MR) is 102 cm³/mol. The highest BCUT2D eigenvalue weighted by molar-refractivity contribution is 5.85. The molecule has 0 saturated carbocycles. The molecule has 5 atom stereocenters. The molecule has 0 aromatic heterocycles. The molecule has 26 heavy (non-hydrogen) atoms. The maximum Gasteiger partial charge on any atom is 0.167 e. The summed E-state index contributed by atoms with van der Waals surface area (Å²) in [6.07, 6.45) is 3.92. The maximum absolute atomic E-state index is 12.6. The van der Waals surface area contributed by atoms with Gasteiger partial charge in [0.2, 0.25) is 0 Å². The van der Waals surface area contributed by atoms with E-state index in [2.05, 4.69) is 13.8 Å². The Morgan fingerprint density at radius 3 is 1.65 bits per heavy atom. The van der Waals surface area contributed by atoms with E-state index in [0.29, 0.717) is 12.8 Å². The third-order valence-electron chi connectivity index (χ3n) is 5.01. The van der Waals surface area contributed by atoms with E-state index in [9.17, 15) is 25.2 Å². The number of rotatable bonds is 17. The second-order valence-corrected chi connectivity index (χ2v) is 7.33. The minimum Gasteiger partial charge on any atom is -0.394 e. The normalized spacial score (nSPS) is 17.5. The number of carbonyl (C=O) groups is 1. The zero-order chi connectivity index (χ0) is 19.9. The summed E-state index contributed by atoms with van der Waals surface area (Å²) in [5.74, 6) is -0.828. The van der Waals surface area contributed by atoms with Gasteiger partial charge in [-0.25, -0.2) is 0 Å². The summed E-state index contributed by atoms with van der Waals surface area (Å²) in [5, 5.41) is 48.1. The number of Topliss-reactive ketones (excluding diaryl/α,β-unsaturated/α-hetero) is 1. The van der Waals surface area contributed by atoms with Gasteiger partial charge in [0.05, 0.1) is 6.61 Å². The summed E-state index contributed by atoms with van der Waals surface area (Å²) in [6, 6.07) is 0. The molecule has 0 fully saturated rings. The number of unbranched alkanes of at least 4 members (excludes halogenated alkanes) is 7. The molecule has 6 heteroatoms. The van der Waals surface area contributed by atoms with Crippen LogP contribution >= 0.6 is 0 Å². The van der Waals surface area contributed by atoms with Crippen molar-refractivity contribution < 1.29 is 30.3 Å². The number of aliphatic hydroxyl groups is 5. The van der Waals surface area contributed by atoms with Crippen molar-refractivity contribution in [2.75, 3.05) is 6.61 Å². The maximum atomic E-state index is 12.6. The Bertz CT molecular complexity index is 349. The Balaban J connectivity index is 4.70. The molecule has 0 spiro atoms. The minimum atomic E-state index is -1.80. The molecule has 0 radical (unpaired) electrons. The second kappa shape index (κ2) is 15.5. The summed E-state index contributed by atoms with van der Waals surface area (Å²) in [5.41, 5.74) is 0. The highest BCUT2D eigenvalue weighted by atomic mass is 16.4. The Labute approximate surface area is 158 Å². The summed E-state index contributed by atoms with van der Waals surface area (Å²) >= 11 is 0. The lowest BCUT2D eigenvalue weighted by atomic mass is 9.86. The lowest BCUT2D eigenvalue weighted by Gasteiger charge is -2.27. The lowest BCUT2D eigenvalue weighted by molar-refractivity contribution is -0.151. The molecule has 0 amide bonds. The fourth-order valence-electron chi connectivity index (χ4n) is 3.17. The topological polar surface area (TPSA) is 118 Å². The first-order valence-corrected chi connectivity index (χ1v) is 10.3. The van der Waals surface area contributed by atoms with E-state index in [-0.39, 0.29) is 5.92 Å². The second-order valence-electron chi connectivity index (χ2n) is 7.33. The number of aliphatic hydroxyl groups excluding tert-OH is 5. The largest absolute Gasteiger partial charge is 0.394 e. The number of ketones is 1. The molecular formula is C20H40O6. The van der Waals surface area contributed by atoms with E-state index in [1.807, 2.05) is 0 Å². The van der Waals surface area contributed by atoms with E-state index >= 15 is 0 Å². The van der Waals surface area contributed by atoms with Crippen LogP contribution in [0.5, 0.6) is 0 Å². The van der Waals surface area contributed by atoms with Crippen LogP contribution in [0.3, 0.4) is 0 Å². The van der Waals surface area contributed by atoms with Crippen LogP contribution < -0.4 is 0 Å². The fourth-order valence-corrected chi connectivity index (χ4v) is 3.17. The molecule has 0 aromatic rings. The Morgan fingerprint density at radius 2 is 1.19 bits per heavy atom. The van der Waals surface area contributed by atoms with Gasteiger partial charge in [-0.2, -0.15) is 0 Å². The molecule has 0 bridgehead atoms. The molecule has 0 saturated heterocycles. The van der Waals surface area contributed by atoms with Crippen LogP contribution in [0.2, 0.25) is 0 Å². The van der Waals surface area contributed by atoms with Crippen molar-refractivity contribution in [3.05, 3.63) is 0 Å². The Morgan fingerprint density at radius 1 is 0.731 bits per heavy atom. The van der Waals surface area contributed by atoms with Crippen LogP contribution in [0.4, 0.5) is 0 Å². The van der Waals surface area contributed by atoms with E-state index in [4.69, 9.17) is 5.11 Å². The third-order valence-corrected chi connectivity index (χ3v) is 5.01. The van der Waals surface area contributed by atoms with E-state index in [0.717, 1.165) is 51.4 Å². The smallest absolute Gasteiger partial charge is 0.167 e. The molecule has 0 aliphatic rings. The first-order valence-electron chi connectivity index (χ1n) is 10.3. The molecule has 0 rings (SSSR count). The third kappa shape index (κ3) is 9.97. The number of hydrogen-bond acceptors (Lipinski definition) is 6. The van der Waals surface area contributed by atoms with Crippen LogP contribution in [0.25, 0.3) is 0 Å². The standard InChI is InChI=1S/C20H40O6/c1-3-5-7-9-11-13-15(12-10-8-6-4-2)17(23)19(25)20(26)18(24)16(22)14-21/h15-16,18-22,24-26H,3-14H2,1-2H3/t15?,16-,18-,19+,20+/m1/s1. The van der Waals surface area contributed by atoms with Crippen LogP contribution in [-0.4, -0.2) is 62.3 Å². The van der Waals surface area contributed by atoms with Gasteiger partial charge in [-0.15, -0.1) is 0 Å². The molecule has 0 aliphatic heterocycles.